The van der Waals surface area contributed by atoms with Gasteiger partial charge in [0.15, 0.2) is 11.6 Å². The number of hydrogen-bond acceptors (Lipinski definition) is 3. The van der Waals surface area contributed by atoms with E-state index < -0.39 is 17.5 Å². The Labute approximate surface area is 114 Å². The summed E-state index contributed by atoms with van der Waals surface area (Å²) in [6.45, 7) is 2.24. The second kappa shape index (κ2) is 5.73. The van der Waals surface area contributed by atoms with E-state index in [1.165, 1.54) is 6.07 Å². The molecule has 0 aromatic heterocycles. The topological polar surface area (TPSA) is 47.3 Å². The Hall–Kier alpha value is -2.37. The molecule has 0 aliphatic carbocycles. The van der Waals surface area contributed by atoms with Crippen molar-refractivity contribution in [3.05, 3.63) is 47.8 Å². The Morgan fingerprint density at radius 3 is 2.55 bits per heavy atom. The highest BCUT2D eigenvalue weighted by Crippen LogP contribution is 2.28. The van der Waals surface area contributed by atoms with Gasteiger partial charge in [0.1, 0.15) is 11.6 Å². The average Bonchev–Trinajstić information content (AvgIpc) is 2.35. The van der Waals surface area contributed by atoms with Crippen LogP contribution >= 0.6 is 0 Å². The molecule has 0 aliphatic heterocycles. The first-order chi connectivity index (χ1) is 9.49. The van der Waals surface area contributed by atoms with E-state index in [1.54, 1.807) is 19.1 Å². The maximum Gasteiger partial charge on any atom is 0.182 e. The third-order valence-corrected chi connectivity index (χ3v) is 2.51. The predicted octanol–water partition coefficient (Wildman–Crippen LogP) is 3.83. The van der Waals surface area contributed by atoms with Gasteiger partial charge in [0.05, 0.1) is 12.3 Å². The van der Waals surface area contributed by atoms with Crippen molar-refractivity contribution in [2.75, 3.05) is 17.7 Å². The molecule has 2 aromatic rings. The third-order valence-electron chi connectivity index (χ3n) is 2.51. The summed E-state index contributed by atoms with van der Waals surface area (Å²) in [5, 5.41) is 2.58. The molecular weight excluding hydrogens is 269 g/mol. The molecule has 0 saturated heterocycles. The number of benzene rings is 2. The smallest absolute Gasteiger partial charge is 0.182 e. The Morgan fingerprint density at radius 2 is 1.85 bits per heavy atom. The fraction of sp³-hybridized carbons (Fsp3) is 0.143. The Morgan fingerprint density at radius 1 is 1.10 bits per heavy atom. The summed E-state index contributed by atoms with van der Waals surface area (Å²) >= 11 is 0. The Kier molecular flexibility index (Phi) is 4.02. The molecule has 0 heterocycles. The van der Waals surface area contributed by atoms with E-state index in [0.717, 1.165) is 6.07 Å². The predicted molar refractivity (Wildman–Crippen MR) is 71.6 cm³/mol. The first kappa shape index (κ1) is 14.0. The molecule has 3 N–H and O–H groups in total. The highest BCUT2D eigenvalue weighted by Gasteiger charge is 2.11. The van der Waals surface area contributed by atoms with E-state index in [1.807, 2.05) is 0 Å². The summed E-state index contributed by atoms with van der Waals surface area (Å²) in [6, 6.07) is 6.00. The standard InChI is InChI=1S/C14H13F3N2O/c1-2-20-11-6-9(18)5-10(7-11)19-13-4-8(15)3-12(16)14(13)17/h3-7,19H,2,18H2,1H3. The molecule has 0 spiro atoms. The normalized spacial score (nSPS) is 10.4. The first-order valence-electron chi connectivity index (χ1n) is 5.94. The number of nitrogens with one attached hydrogen (secondary N) is 1. The maximum atomic E-state index is 13.5. The third kappa shape index (κ3) is 3.14. The molecule has 2 aromatic carbocycles. The number of ether oxygens (including phenoxy) is 1. The molecule has 2 rings (SSSR count). The molecule has 0 bridgehead atoms. The molecule has 0 fully saturated rings. The zero-order valence-electron chi connectivity index (χ0n) is 10.7. The number of nitrogens with two attached hydrogens (primary N) is 1. The van der Waals surface area contributed by atoms with Crippen LogP contribution in [0.15, 0.2) is 30.3 Å². The van der Waals surface area contributed by atoms with Crippen molar-refractivity contribution in [3.63, 3.8) is 0 Å². The van der Waals surface area contributed by atoms with Gasteiger partial charge in [0.25, 0.3) is 0 Å². The van der Waals surface area contributed by atoms with Gasteiger partial charge in [-0.05, 0) is 13.0 Å². The lowest BCUT2D eigenvalue weighted by Gasteiger charge is -2.11. The van der Waals surface area contributed by atoms with Crippen LogP contribution in [0.25, 0.3) is 0 Å². The van der Waals surface area contributed by atoms with Crippen LogP contribution in [0, 0.1) is 17.5 Å². The van der Waals surface area contributed by atoms with E-state index in [-0.39, 0.29) is 5.69 Å². The fourth-order valence-electron chi connectivity index (χ4n) is 1.75. The molecule has 0 radical (unpaired) electrons. The summed E-state index contributed by atoms with van der Waals surface area (Å²) in [5.41, 5.74) is 6.13. The van der Waals surface area contributed by atoms with Gasteiger partial charge in [0.2, 0.25) is 0 Å². The van der Waals surface area contributed by atoms with Crippen LogP contribution in [0.2, 0.25) is 0 Å². The summed E-state index contributed by atoms with van der Waals surface area (Å²) in [6.07, 6.45) is 0. The SMILES string of the molecule is CCOc1cc(N)cc(Nc2cc(F)cc(F)c2F)c1. The highest BCUT2D eigenvalue weighted by atomic mass is 19.2. The van der Waals surface area contributed by atoms with E-state index in [9.17, 15) is 13.2 Å². The van der Waals surface area contributed by atoms with Crippen molar-refractivity contribution in [3.8, 4) is 5.75 Å². The van der Waals surface area contributed by atoms with Gasteiger partial charge in [-0.3, -0.25) is 0 Å². The number of halogens is 3. The van der Waals surface area contributed by atoms with Gasteiger partial charge in [-0.25, -0.2) is 13.2 Å². The van der Waals surface area contributed by atoms with Crippen LogP contribution in [0.4, 0.5) is 30.2 Å². The summed E-state index contributed by atoms with van der Waals surface area (Å²) in [7, 11) is 0. The quantitative estimate of drug-likeness (QED) is 0.662. The average molecular weight is 282 g/mol. The van der Waals surface area contributed by atoms with Gasteiger partial charge in [0, 0.05) is 35.6 Å². The molecule has 0 unspecified atom stereocenters. The van der Waals surface area contributed by atoms with Crippen LogP contribution < -0.4 is 15.8 Å². The summed E-state index contributed by atoms with van der Waals surface area (Å²) in [5.74, 6) is -2.82. The van der Waals surface area contributed by atoms with E-state index in [2.05, 4.69) is 5.32 Å². The molecule has 6 heteroatoms. The summed E-state index contributed by atoms with van der Waals surface area (Å²) in [4.78, 5) is 0. The van der Waals surface area contributed by atoms with E-state index in [0.29, 0.717) is 29.8 Å². The number of nitrogen functional groups attached to an aromatic ring is 1. The van der Waals surface area contributed by atoms with E-state index >= 15 is 0 Å². The van der Waals surface area contributed by atoms with Crippen molar-refractivity contribution in [1.82, 2.24) is 0 Å². The largest absolute Gasteiger partial charge is 0.494 e. The van der Waals surface area contributed by atoms with Crippen molar-refractivity contribution < 1.29 is 17.9 Å². The number of hydrogen-bond donors (Lipinski definition) is 2. The second-order valence-electron chi connectivity index (χ2n) is 4.10. The van der Waals surface area contributed by atoms with Gasteiger partial charge in [-0.1, -0.05) is 0 Å². The van der Waals surface area contributed by atoms with Gasteiger partial charge in [-0.2, -0.15) is 0 Å². The Balaban J connectivity index is 2.34. The van der Waals surface area contributed by atoms with Crippen LogP contribution in [0.3, 0.4) is 0 Å². The highest BCUT2D eigenvalue weighted by molar-refractivity contribution is 5.66. The maximum absolute atomic E-state index is 13.5. The van der Waals surface area contributed by atoms with Crippen LogP contribution in [-0.4, -0.2) is 6.61 Å². The number of rotatable bonds is 4. The lowest BCUT2D eigenvalue weighted by molar-refractivity contribution is 0.340. The lowest BCUT2D eigenvalue weighted by Crippen LogP contribution is -2.00. The van der Waals surface area contributed by atoms with Gasteiger partial charge < -0.3 is 15.8 Å². The second-order valence-corrected chi connectivity index (χ2v) is 4.10. The van der Waals surface area contributed by atoms with Crippen LogP contribution in [-0.2, 0) is 0 Å². The van der Waals surface area contributed by atoms with Gasteiger partial charge >= 0.3 is 0 Å². The van der Waals surface area contributed by atoms with Crippen molar-refractivity contribution in [2.45, 2.75) is 6.92 Å². The number of anilines is 3. The zero-order valence-corrected chi connectivity index (χ0v) is 10.7. The zero-order chi connectivity index (χ0) is 14.7. The molecule has 3 nitrogen and oxygen atoms in total. The molecule has 0 atom stereocenters. The van der Waals surface area contributed by atoms with Crippen molar-refractivity contribution >= 4 is 17.1 Å². The molecular formula is C14H13F3N2O. The minimum absolute atomic E-state index is 0.310. The fourth-order valence-corrected chi connectivity index (χ4v) is 1.75. The molecule has 0 amide bonds. The van der Waals surface area contributed by atoms with Crippen LogP contribution in [0.5, 0.6) is 5.75 Å². The minimum atomic E-state index is -1.26. The summed E-state index contributed by atoms with van der Waals surface area (Å²) < 4.78 is 45.0. The van der Waals surface area contributed by atoms with Crippen LogP contribution in [0.1, 0.15) is 6.92 Å². The molecule has 0 aliphatic rings. The van der Waals surface area contributed by atoms with E-state index in [4.69, 9.17) is 10.5 Å². The molecule has 106 valence electrons. The molecule has 0 saturated carbocycles. The van der Waals surface area contributed by atoms with Gasteiger partial charge in [-0.15, -0.1) is 0 Å². The lowest BCUT2D eigenvalue weighted by atomic mass is 10.2. The minimum Gasteiger partial charge on any atom is -0.494 e. The van der Waals surface area contributed by atoms with Crippen molar-refractivity contribution in [1.29, 1.82) is 0 Å². The molecule has 20 heavy (non-hydrogen) atoms. The first-order valence-corrected chi connectivity index (χ1v) is 5.94. The van der Waals surface area contributed by atoms with Crippen molar-refractivity contribution in [2.24, 2.45) is 0 Å². The Bertz CT molecular complexity index is 632. The monoisotopic (exact) mass is 282 g/mol.